The first-order valence-corrected chi connectivity index (χ1v) is 12.6. The Labute approximate surface area is 196 Å². The lowest BCUT2D eigenvalue weighted by Crippen LogP contribution is -2.38. The van der Waals surface area contributed by atoms with E-state index in [0.29, 0.717) is 31.8 Å². The third-order valence-electron chi connectivity index (χ3n) is 7.61. The predicted octanol–water partition coefficient (Wildman–Crippen LogP) is 4.20. The second kappa shape index (κ2) is 9.62. The zero-order valence-electron chi connectivity index (χ0n) is 19.6. The molecule has 3 aliphatic rings. The molecule has 1 aromatic heterocycles. The molecule has 33 heavy (non-hydrogen) atoms. The molecule has 3 heterocycles. The number of hydrogen-bond acceptors (Lipinski definition) is 4. The minimum Gasteiger partial charge on any atom is -0.342 e. The Morgan fingerprint density at radius 3 is 2.64 bits per heavy atom. The van der Waals surface area contributed by atoms with Crippen LogP contribution in [0.3, 0.4) is 0 Å². The van der Waals surface area contributed by atoms with Crippen molar-refractivity contribution in [2.45, 2.75) is 70.6 Å². The molecule has 5 rings (SSSR count). The Kier molecular flexibility index (Phi) is 6.43. The van der Waals surface area contributed by atoms with Crippen LogP contribution >= 0.6 is 0 Å². The zero-order chi connectivity index (χ0) is 22.8. The van der Waals surface area contributed by atoms with E-state index >= 15 is 0 Å². The van der Waals surface area contributed by atoms with E-state index in [4.69, 9.17) is 9.97 Å². The lowest BCUT2D eigenvalue weighted by molar-refractivity contribution is -0.134. The number of aryl methyl sites for hydroxylation is 2. The van der Waals surface area contributed by atoms with Crippen molar-refractivity contribution >= 4 is 17.6 Å². The van der Waals surface area contributed by atoms with E-state index < -0.39 is 0 Å². The summed E-state index contributed by atoms with van der Waals surface area (Å²) < 4.78 is 0. The molecule has 0 bridgehead atoms. The van der Waals surface area contributed by atoms with Crippen molar-refractivity contribution in [1.29, 1.82) is 0 Å². The summed E-state index contributed by atoms with van der Waals surface area (Å²) in [5.41, 5.74) is 3.38. The number of anilines is 1. The van der Waals surface area contributed by atoms with E-state index in [-0.39, 0.29) is 17.7 Å². The highest BCUT2D eigenvalue weighted by molar-refractivity contribution is 5.95. The van der Waals surface area contributed by atoms with Gasteiger partial charge in [0, 0.05) is 49.1 Å². The largest absolute Gasteiger partial charge is 0.342 e. The molecule has 2 amide bonds. The van der Waals surface area contributed by atoms with Crippen LogP contribution in [-0.2, 0) is 22.4 Å². The highest BCUT2D eigenvalue weighted by Gasteiger charge is 2.35. The molecule has 2 fully saturated rings. The van der Waals surface area contributed by atoms with Crippen molar-refractivity contribution in [3.05, 3.63) is 53.0 Å². The van der Waals surface area contributed by atoms with Gasteiger partial charge in [-0.2, -0.15) is 0 Å². The molecular formula is C27H34N4O2. The van der Waals surface area contributed by atoms with Crippen LogP contribution in [0.4, 0.5) is 5.82 Å². The van der Waals surface area contributed by atoms with Gasteiger partial charge in [0.15, 0.2) is 0 Å². The van der Waals surface area contributed by atoms with Gasteiger partial charge in [0.05, 0.1) is 0 Å². The molecule has 6 nitrogen and oxygen atoms in total. The predicted molar refractivity (Wildman–Crippen MR) is 128 cm³/mol. The van der Waals surface area contributed by atoms with Crippen LogP contribution < -0.4 is 4.90 Å². The van der Waals surface area contributed by atoms with Crippen LogP contribution in [0.25, 0.3) is 0 Å². The van der Waals surface area contributed by atoms with Crippen molar-refractivity contribution in [2.75, 3.05) is 24.5 Å². The van der Waals surface area contributed by atoms with Crippen LogP contribution in [0.1, 0.15) is 73.5 Å². The lowest BCUT2D eigenvalue weighted by atomic mass is 10.0. The Hall–Kier alpha value is -2.76. The van der Waals surface area contributed by atoms with Crippen molar-refractivity contribution in [3.63, 3.8) is 0 Å². The summed E-state index contributed by atoms with van der Waals surface area (Å²) in [6, 6.07) is 10.4. The number of benzene rings is 1. The normalized spacial score (nSPS) is 21.0. The Balaban J connectivity index is 1.31. The average molecular weight is 447 g/mol. The minimum absolute atomic E-state index is 0.155. The van der Waals surface area contributed by atoms with Gasteiger partial charge in [-0.15, -0.1) is 0 Å². The monoisotopic (exact) mass is 446 g/mol. The van der Waals surface area contributed by atoms with Crippen molar-refractivity contribution in [1.82, 2.24) is 14.9 Å². The molecular weight excluding hydrogens is 412 g/mol. The van der Waals surface area contributed by atoms with Gasteiger partial charge in [-0.05, 0) is 51.0 Å². The molecule has 2 aliphatic heterocycles. The Morgan fingerprint density at radius 1 is 1.06 bits per heavy atom. The fraction of sp³-hybridized carbons (Fsp3) is 0.556. The average Bonchev–Trinajstić information content (AvgIpc) is 3.53. The molecule has 0 spiro atoms. The van der Waals surface area contributed by atoms with Gasteiger partial charge >= 0.3 is 0 Å². The molecule has 1 saturated carbocycles. The van der Waals surface area contributed by atoms with Crippen LogP contribution in [-0.4, -0.2) is 46.3 Å². The Bertz CT molecular complexity index is 1020. The molecule has 1 aliphatic carbocycles. The summed E-state index contributed by atoms with van der Waals surface area (Å²) in [6.07, 6.45) is 8.41. The molecule has 174 valence electrons. The number of rotatable bonds is 6. The first-order valence-electron chi connectivity index (χ1n) is 12.6. The number of likely N-dealkylation sites (tertiary alicyclic amines) is 1. The minimum atomic E-state index is 0.155. The van der Waals surface area contributed by atoms with E-state index in [9.17, 15) is 9.59 Å². The number of fused-ring (bicyclic) bond motifs is 1. The van der Waals surface area contributed by atoms with Crippen LogP contribution in [0.15, 0.2) is 30.3 Å². The van der Waals surface area contributed by atoms with E-state index in [2.05, 4.69) is 24.3 Å². The smallest absolute Gasteiger partial charge is 0.228 e. The molecule has 1 saturated heterocycles. The highest BCUT2D eigenvalue weighted by Crippen LogP contribution is 2.34. The quantitative estimate of drug-likeness (QED) is 0.667. The van der Waals surface area contributed by atoms with E-state index in [0.717, 1.165) is 61.5 Å². The lowest BCUT2D eigenvalue weighted by Gasteiger charge is -2.30. The van der Waals surface area contributed by atoms with E-state index in [1.54, 1.807) is 0 Å². The van der Waals surface area contributed by atoms with Gasteiger partial charge in [-0.3, -0.25) is 14.5 Å². The molecule has 2 aromatic rings. The van der Waals surface area contributed by atoms with Crippen molar-refractivity contribution < 1.29 is 9.59 Å². The standard InChI is InChI=1S/C27H34N4O2/c1-19-23-13-14-24(32)31(16-7-10-20-8-3-2-4-9-20)26(23)29-25(28-19)22-15-17-30(18-22)27(33)21-11-5-6-12-21/h2-4,8-9,21-22H,5-7,10-18H2,1H3/t22-/m1/s1. The van der Waals surface area contributed by atoms with E-state index in [1.807, 2.05) is 22.8 Å². The second-order valence-corrected chi connectivity index (χ2v) is 9.86. The highest BCUT2D eigenvalue weighted by atomic mass is 16.2. The van der Waals surface area contributed by atoms with Crippen LogP contribution in [0.2, 0.25) is 0 Å². The molecule has 6 heteroatoms. The maximum atomic E-state index is 12.9. The Morgan fingerprint density at radius 2 is 1.85 bits per heavy atom. The van der Waals surface area contributed by atoms with Gasteiger partial charge in [0.1, 0.15) is 11.6 Å². The summed E-state index contributed by atoms with van der Waals surface area (Å²) in [5.74, 6) is 2.46. The fourth-order valence-electron chi connectivity index (χ4n) is 5.70. The summed E-state index contributed by atoms with van der Waals surface area (Å²) in [7, 11) is 0. The third kappa shape index (κ3) is 4.66. The third-order valence-corrected chi connectivity index (χ3v) is 7.61. The van der Waals surface area contributed by atoms with Gasteiger partial charge in [0.2, 0.25) is 11.8 Å². The molecule has 0 N–H and O–H groups in total. The second-order valence-electron chi connectivity index (χ2n) is 9.86. The first kappa shape index (κ1) is 22.1. The maximum absolute atomic E-state index is 12.9. The maximum Gasteiger partial charge on any atom is 0.228 e. The molecule has 0 unspecified atom stereocenters. The number of carbonyl (C=O) groups is 2. The van der Waals surface area contributed by atoms with Crippen molar-refractivity contribution in [2.24, 2.45) is 5.92 Å². The van der Waals surface area contributed by atoms with Gasteiger partial charge in [0.25, 0.3) is 0 Å². The number of aromatic nitrogens is 2. The summed E-state index contributed by atoms with van der Waals surface area (Å²) >= 11 is 0. The number of hydrogen-bond donors (Lipinski definition) is 0. The SMILES string of the molecule is Cc1nc([C@@H]2CCN(C(=O)C3CCCC3)C2)nc2c1CCC(=O)N2CCCc1ccccc1. The number of amides is 2. The number of nitrogens with zero attached hydrogens (tertiary/aromatic N) is 4. The van der Waals surface area contributed by atoms with E-state index in [1.165, 1.54) is 18.4 Å². The first-order chi connectivity index (χ1) is 16.1. The molecule has 1 aromatic carbocycles. The number of carbonyl (C=O) groups excluding carboxylic acids is 2. The van der Waals surface area contributed by atoms with Gasteiger partial charge < -0.3 is 4.90 Å². The summed E-state index contributed by atoms with van der Waals surface area (Å²) in [5, 5.41) is 0. The van der Waals surface area contributed by atoms with Crippen molar-refractivity contribution in [3.8, 4) is 0 Å². The summed E-state index contributed by atoms with van der Waals surface area (Å²) in [4.78, 5) is 39.5. The summed E-state index contributed by atoms with van der Waals surface area (Å²) in [6.45, 7) is 4.21. The van der Waals surface area contributed by atoms with Crippen LogP contribution in [0.5, 0.6) is 0 Å². The fourth-order valence-corrected chi connectivity index (χ4v) is 5.70. The topological polar surface area (TPSA) is 66.4 Å². The van der Waals surface area contributed by atoms with Gasteiger partial charge in [-0.25, -0.2) is 9.97 Å². The van der Waals surface area contributed by atoms with Gasteiger partial charge in [-0.1, -0.05) is 43.2 Å². The zero-order valence-corrected chi connectivity index (χ0v) is 19.6. The molecule has 0 radical (unpaired) electrons. The van der Waals surface area contributed by atoms with Crippen LogP contribution in [0, 0.1) is 12.8 Å². The molecule has 1 atom stereocenters.